The Hall–Kier alpha value is -4.79. The van der Waals surface area contributed by atoms with E-state index in [1.165, 1.54) is 24.4 Å². The third kappa shape index (κ3) is 3.79. The van der Waals surface area contributed by atoms with Gasteiger partial charge in [-0.1, -0.05) is 30.3 Å². The third-order valence-corrected chi connectivity index (χ3v) is 5.22. The zero-order valence-corrected chi connectivity index (χ0v) is 18.0. The van der Waals surface area contributed by atoms with Gasteiger partial charge in [-0.05, 0) is 37.3 Å². The maximum Gasteiger partial charge on any atom is 0.282 e. The fourth-order valence-electron chi connectivity index (χ4n) is 3.64. The molecule has 0 spiro atoms. The van der Waals surface area contributed by atoms with Crippen LogP contribution in [0.25, 0.3) is 33.5 Å². The molecule has 34 heavy (non-hydrogen) atoms. The van der Waals surface area contributed by atoms with E-state index in [0.29, 0.717) is 40.2 Å². The third-order valence-electron chi connectivity index (χ3n) is 5.22. The first kappa shape index (κ1) is 21.1. The first-order valence-electron chi connectivity index (χ1n) is 10.5. The summed E-state index contributed by atoms with van der Waals surface area (Å²) >= 11 is 0. The number of nitro benzene ring substituents is 1. The molecular weight excluding hydrogens is 436 g/mol. The highest BCUT2D eigenvalue weighted by molar-refractivity contribution is 5.86. The number of aromatic nitrogens is 2. The molecule has 3 aromatic carbocycles. The predicted molar refractivity (Wildman–Crippen MR) is 128 cm³/mol. The first-order chi connectivity index (χ1) is 16.5. The van der Waals surface area contributed by atoms with E-state index in [9.17, 15) is 14.9 Å². The number of fused-ring (bicyclic) bond motifs is 2. The summed E-state index contributed by atoms with van der Waals surface area (Å²) in [4.78, 5) is 28.8. The van der Waals surface area contributed by atoms with Crippen LogP contribution < -0.4 is 10.3 Å². The summed E-state index contributed by atoms with van der Waals surface area (Å²) < 4.78 is 12.7. The monoisotopic (exact) mass is 454 g/mol. The largest absolute Gasteiger partial charge is 0.493 e. The van der Waals surface area contributed by atoms with Crippen LogP contribution in [0.5, 0.6) is 5.75 Å². The van der Waals surface area contributed by atoms with Crippen LogP contribution in [0.3, 0.4) is 0 Å². The molecule has 2 aromatic heterocycles. The molecule has 5 aromatic rings. The van der Waals surface area contributed by atoms with Gasteiger partial charge in [0.1, 0.15) is 11.3 Å². The van der Waals surface area contributed by atoms with Crippen molar-refractivity contribution in [2.75, 3.05) is 6.61 Å². The minimum atomic E-state index is -0.503. The second-order valence-corrected chi connectivity index (χ2v) is 7.37. The number of non-ortho nitro benzene ring substituents is 1. The topological polar surface area (TPSA) is 113 Å². The summed E-state index contributed by atoms with van der Waals surface area (Å²) in [6, 6.07) is 20.4. The van der Waals surface area contributed by atoms with Crippen molar-refractivity contribution in [3.05, 3.63) is 98.8 Å². The van der Waals surface area contributed by atoms with Crippen LogP contribution in [-0.2, 0) is 0 Å². The minimum Gasteiger partial charge on any atom is -0.493 e. The molecular formula is C25H18N4O5. The van der Waals surface area contributed by atoms with Crippen LogP contribution >= 0.6 is 0 Å². The van der Waals surface area contributed by atoms with E-state index in [0.717, 1.165) is 10.1 Å². The molecule has 0 unspecified atom stereocenters. The second-order valence-electron chi connectivity index (χ2n) is 7.37. The van der Waals surface area contributed by atoms with Crippen LogP contribution in [0.15, 0.2) is 87.1 Å². The van der Waals surface area contributed by atoms with Crippen molar-refractivity contribution in [3.8, 4) is 17.3 Å². The van der Waals surface area contributed by atoms with Gasteiger partial charge in [0.2, 0.25) is 5.82 Å². The average molecular weight is 454 g/mol. The van der Waals surface area contributed by atoms with Gasteiger partial charge in [-0.25, -0.2) is 4.98 Å². The molecule has 0 saturated carbocycles. The van der Waals surface area contributed by atoms with E-state index in [1.54, 1.807) is 37.3 Å². The Kier molecular flexibility index (Phi) is 5.35. The van der Waals surface area contributed by atoms with Gasteiger partial charge < -0.3 is 9.15 Å². The van der Waals surface area contributed by atoms with Gasteiger partial charge in [0.05, 0.1) is 28.6 Å². The summed E-state index contributed by atoms with van der Waals surface area (Å²) in [5.41, 5.74) is 0.978. The Morgan fingerprint density at radius 3 is 2.71 bits per heavy atom. The normalized spacial score (nSPS) is 11.4. The van der Waals surface area contributed by atoms with Crippen LogP contribution in [0.4, 0.5) is 5.69 Å². The van der Waals surface area contributed by atoms with Crippen molar-refractivity contribution >= 4 is 33.8 Å². The Bertz CT molecular complexity index is 1600. The van der Waals surface area contributed by atoms with E-state index >= 15 is 0 Å². The molecule has 0 aliphatic rings. The maximum atomic E-state index is 13.4. The van der Waals surface area contributed by atoms with Crippen molar-refractivity contribution in [1.29, 1.82) is 0 Å². The number of hydrogen-bond donors (Lipinski definition) is 0. The number of nitrogens with zero attached hydrogens (tertiary/aromatic N) is 4. The summed E-state index contributed by atoms with van der Waals surface area (Å²) in [5.74, 6) is 0.980. The Morgan fingerprint density at radius 1 is 1.12 bits per heavy atom. The van der Waals surface area contributed by atoms with Crippen molar-refractivity contribution < 1.29 is 14.1 Å². The molecule has 0 N–H and O–H groups in total. The second kappa shape index (κ2) is 8.62. The Balaban J connectivity index is 1.72. The van der Waals surface area contributed by atoms with E-state index in [-0.39, 0.29) is 11.5 Å². The summed E-state index contributed by atoms with van der Waals surface area (Å²) in [6.45, 7) is 2.17. The van der Waals surface area contributed by atoms with Gasteiger partial charge in [-0.15, -0.1) is 0 Å². The van der Waals surface area contributed by atoms with Crippen molar-refractivity contribution in [2.24, 2.45) is 5.10 Å². The highest BCUT2D eigenvalue weighted by atomic mass is 16.6. The molecule has 5 rings (SSSR count). The quantitative estimate of drug-likeness (QED) is 0.203. The van der Waals surface area contributed by atoms with E-state index in [2.05, 4.69) is 10.1 Å². The SMILES string of the molecule is CCOc1ccc([N+](=O)[O-])cc1C=Nn1c(-c2cc3ccccc3o2)nc2ccccc2c1=O. The van der Waals surface area contributed by atoms with E-state index < -0.39 is 10.5 Å². The molecule has 0 aliphatic heterocycles. The predicted octanol–water partition coefficient (Wildman–Crippen LogP) is 5.00. The summed E-state index contributed by atoms with van der Waals surface area (Å²) in [5, 5.41) is 16.9. The highest BCUT2D eigenvalue weighted by Gasteiger charge is 2.17. The van der Waals surface area contributed by atoms with Gasteiger partial charge in [-0.3, -0.25) is 14.9 Å². The molecule has 9 nitrogen and oxygen atoms in total. The first-order valence-corrected chi connectivity index (χ1v) is 10.5. The van der Waals surface area contributed by atoms with Crippen molar-refractivity contribution in [1.82, 2.24) is 9.66 Å². The van der Waals surface area contributed by atoms with E-state index in [4.69, 9.17) is 9.15 Å². The molecule has 0 amide bonds. The molecule has 0 saturated heterocycles. The lowest BCUT2D eigenvalue weighted by molar-refractivity contribution is -0.384. The molecule has 168 valence electrons. The lowest BCUT2D eigenvalue weighted by atomic mass is 10.2. The number of para-hydroxylation sites is 2. The molecule has 0 atom stereocenters. The lowest BCUT2D eigenvalue weighted by Crippen LogP contribution is -2.20. The van der Waals surface area contributed by atoms with Gasteiger partial charge >= 0.3 is 0 Å². The molecule has 0 aliphatic carbocycles. The smallest absolute Gasteiger partial charge is 0.282 e. The Labute approximate surface area is 192 Å². The molecule has 2 heterocycles. The van der Waals surface area contributed by atoms with Gasteiger partial charge in [0, 0.05) is 23.1 Å². The van der Waals surface area contributed by atoms with Gasteiger partial charge in [0.25, 0.3) is 11.2 Å². The molecule has 0 radical (unpaired) electrons. The highest BCUT2D eigenvalue weighted by Crippen LogP contribution is 2.27. The maximum absolute atomic E-state index is 13.4. The fourth-order valence-corrected chi connectivity index (χ4v) is 3.64. The summed E-state index contributed by atoms with van der Waals surface area (Å²) in [7, 11) is 0. The fraction of sp³-hybridized carbons (Fsp3) is 0.0800. The minimum absolute atomic E-state index is 0.119. The number of nitro groups is 1. The van der Waals surface area contributed by atoms with Gasteiger partial charge in [0.15, 0.2) is 5.76 Å². The van der Waals surface area contributed by atoms with Crippen LogP contribution in [0.2, 0.25) is 0 Å². The lowest BCUT2D eigenvalue weighted by Gasteiger charge is -2.09. The zero-order chi connectivity index (χ0) is 23.7. The number of rotatable bonds is 6. The van der Waals surface area contributed by atoms with Crippen LogP contribution in [0, 0.1) is 10.1 Å². The standard InChI is InChI=1S/C25H18N4O5/c1-2-33-21-12-11-18(29(31)32)13-17(21)15-26-28-24(23-14-16-7-3-6-10-22(16)34-23)27-20-9-5-4-8-19(20)25(28)30/h3-15H,2H2,1H3. The van der Waals surface area contributed by atoms with Crippen LogP contribution in [-0.4, -0.2) is 27.4 Å². The number of hydrogen-bond acceptors (Lipinski definition) is 7. The zero-order valence-electron chi connectivity index (χ0n) is 18.0. The Morgan fingerprint density at radius 2 is 1.91 bits per heavy atom. The van der Waals surface area contributed by atoms with Gasteiger partial charge in [-0.2, -0.15) is 9.78 Å². The molecule has 0 fully saturated rings. The van der Waals surface area contributed by atoms with Crippen LogP contribution in [0.1, 0.15) is 12.5 Å². The van der Waals surface area contributed by atoms with E-state index in [1.807, 2.05) is 24.3 Å². The summed E-state index contributed by atoms with van der Waals surface area (Å²) in [6.07, 6.45) is 1.35. The number of furan rings is 1. The van der Waals surface area contributed by atoms with Crippen molar-refractivity contribution in [3.63, 3.8) is 0 Å². The number of benzene rings is 3. The number of ether oxygens (including phenoxy) is 1. The molecule has 9 heteroatoms. The molecule has 0 bridgehead atoms. The average Bonchev–Trinajstić information content (AvgIpc) is 3.28. The van der Waals surface area contributed by atoms with Crippen molar-refractivity contribution in [2.45, 2.75) is 6.92 Å².